The van der Waals surface area contributed by atoms with Gasteiger partial charge >= 0.3 is 0 Å². The lowest BCUT2D eigenvalue weighted by Gasteiger charge is -1.99. The van der Waals surface area contributed by atoms with Gasteiger partial charge in [-0.15, -0.1) is 0 Å². The van der Waals surface area contributed by atoms with E-state index in [0.29, 0.717) is 16.8 Å². The zero-order valence-electron chi connectivity index (χ0n) is 10.4. The number of pyridine rings is 1. The summed E-state index contributed by atoms with van der Waals surface area (Å²) in [5.74, 6) is -0.249. The lowest BCUT2D eigenvalue weighted by atomic mass is 10.1. The summed E-state index contributed by atoms with van der Waals surface area (Å²) >= 11 is 0. The lowest BCUT2D eigenvalue weighted by Crippen LogP contribution is -2.05. The van der Waals surface area contributed by atoms with Crippen molar-refractivity contribution < 1.29 is 4.79 Å². The van der Waals surface area contributed by atoms with Gasteiger partial charge in [0.1, 0.15) is 11.6 Å². The van der Waals surface area contributed by atoms with Gasteiger partial charge in [0.2, 0.25) is 5.78 Å². The van der Waals surface area contributed by atoms with E-state index < -0.39 is 0 Å². The number of carbonyl (C=O) groups excluding carboxylic acids is 1. The maximum Gasteiger partial charge on any atom is 0.214 e. The molecule has 2 heterocycles. The highest BCUT2D eigenvalue weighted by atomic mass is 16.1. The minimum absolute atomic E-state index is 0.197. The Morgan fingerprint density at radius 1 is 1.44 bits per heavy atom. The molecule has 0 aromatic carbocycles. The van der Waals surface area contributed by atoms with Crippen LogP contribution in [0.2, 0.25) is 0 Å². The second-order valence-electron chi connectivity index (χ2n) is 4.06. The SMILES string of the molecule is Cc1cc(C(=O)c2nn(C)c(C)c2C#N)ccn1. The fraction of sp³-hybridized carbons (Fsp3) is 0.231. The van der Waals surface area contributed by atoms with Crippen molar-refractivity contribution in [1.29, 1.82) is 5.26 Å². The van der Waals surface area contributed by atoms with Crippen molar-refractivity contribution in [3.63, 3.8) is 0 Å². The average molecular weight is 240 g/mol. The summed E-state index contributed by atoms with van der Waals surface area (Å²) < 4.78 is 1.54. The molecule has 0 N–H and O–H groups in total. The van der Waals surface area contributed by atoms with Crippen molar-refractivity contribution in [1.82, 2.24) is 14.8 Å². The van der Waals surface area contributed by atoms with E-state index in [1.807, 2.05) is 13.0 Å². The molecular weight excluding hydrogens is 228 g/mol. The van der Waals surface area contributed by atoms with Crippen molar-refractivity contribution >= 4 is 5.78 Å². The van der Waals surface area contributed by atoms with Gasteiger partial charge in [0, 0.05) is 24.5 Å². The van der Waals surface area contributed by atoms with E-state index >= 15 is 0 Å². The van der Waals surface area contributed by atoms with Crippen LogP contribution in [0.1, 0.15) is 33.0 Å². The van der Waals surface area contributed by atoms with Crippen LogP contribution in [0.4, 0.5) is 0 Å². The number of rotatable bonds is 2. The van der Waals surface area contributed by atoms with E-state index in [2.05, 4.69) is 10.1 Å². The molecule has 5 nitrogen and oxygen atoms in total. The number of hydrogen-bond donors (Lipinski definition) is 0. The summed E-state index contributed by atoms with van der Waals surface area (Å²) in [4.78, 5) is 16.3. The van der Waals surface area contributed by atoms with Crippen molar-refractivity contribution in [2.45, 2.75) is 13.8 Å². The van der Waals surface area contributed by atoms with Crippen LogP contribution in [0.25, 0.3) is 0 Å². The molecule has 18 heavy (non-hydrogen) atoms. The first-order valence-electron chi connectivity index (χ1n) is 5.45. The number of nitrogens with zero attached hydrogens (tertiary/aromatic N) is 4. The van der Waals surface area contributed by atoms with Gasteiger partial charge in [-0.25, -0.2) is 0 Å². The van der Waals surface area contributed by atoms with E-state index in [1.54, 1.807) is 37.0 Å². The fourth-order valence-electron chi connectivity index (χ4n) is 1.72. The van der Waals surface area contributed by atoms with Crippen LogP contribution in [0.5, 0.6) is 0 Å². The first kappa shape index (κ1) is 12.0. The minimum Gasteiger partial charge on any atom is -0.287 e. The number of aryl methyl sites for hydroxylation is 2. The van der Waals surface area contributed by atoms with E-state index in [-0.39, 0.29) is 11.5 Å². The molecule has 0 amide bonds. The number of hydrogen-bond acceptors (Lipinski definition) is 4. The standard InChI is InChI=1S/C13H12N4O/c1-8-6-10(4-5-15-8)13(18)12-11(7-14)9(2)17(3)16-12/h4-6H,1-3H3. The van der Waals surface area contributed by atoms with E-state index in [1.165, 1.54) is 0 Å². The Morgan fingerprint density at radius 2 is 2.17 bits per heavy atom. The number of nitriles is 1. The molecule has 2 rings (SSSR count). The smallest absolute Gasteiger partial charge is 0.214 e. The van der Waals surface area contributed by atoms with Crippen LogP contribution in [0.3, 0.4) is 0 Å². The van der Waals surface area contributed by atoms with E-state index in [0.717, 1.165) is 5.69 Å². The predicted molar refractivity (Wildman–Crippen MR) is 65.1 cm³/mol. The third-order valence-electron chi connectivity index (χ3n) is 2.82. The Morgan fingerprint density at radius 3 is 2.78 bits per heavy atom. The van der Waals surface area contributed by atoms with Crippen molar-refractivity contribution in [2.75, 3.05) is 0 Å². The van der Waals surface area contributed by atoms with Gasteiger partial charge in [0.05, 0.1) is 5.69 Å². The summed E-state index contributed by atoms with van der Waals surface area (Å²) in [5, 5.41) is 13.2. The molecule has 0 unspecified atom stereocenters. The van der Waals surface area contributed by atoms with Gasteiger partial charge in [0.15, 0.2) is 5.69 Å². The van der Waals surface area contributed by atoms with Crippen molar-refractivity contribution in [3.05, 3.63) is 46.5 Å². The second kappa shape index (κ2) is 4.41. The lowest BCUT2D eigenvalue weighted by molar-refractivity contribution is 0.103. The van der Waals surface area contributed by atoms with Crippen molar-refractivity contribution in [3.8, 4) is 6.07 Å². The summed E-state index contributed by atoms with van der Waals surface area (Å²) in [7, 11) is 1.71. The molecule has 0 saturated heterocycles. The van der Waals surface area contributed by atoms with Gasteiger partial charge in [0.25, 0.3) is 0 Å². The fourth-order valence-corrected chi connectivity index (χ4v) is 1.72. The summed E-state index contributed by atoms with van der Waals surface area (Å²) in [6, 6.07) is 5.34. The Kier molecular flexibility index (Phi) is 2.94. The molecule has 0 aliphatic rings. The molecule has 0 spiro atoms. The first-order valence-corrected chi connectivity index (χ1v) is 5.45. The van der Waals surface area contributed by atoms with Crippen molar-refractivity contribution in [2.24, 2.45) is 7.05 Å². The zero-order chi connectivity index (χ0) is 13.3. The molecule has 0 aliphatic carbocycles. The highest BCUT2D eigenvalue weighted by Gasteiger charge is 2.20. The normalized spacial score (nSPS) is 10.1. The maximum absolute atomic E-state index is 12.3. The quantitative estimate of drug-likeness (QED) is 0.746. The molecule has 2 aromatic heterocycles. The molecule has 2 aromatic rings. The molecule has 0 saturated carbocycles. The molecule has 0 radical (unpaired) electrons. The Bertz CT molecular complexity index is 664. The molecule has 0 aliphatic heterocycles. The highest BCUT2D eigenvalue weighted by molar-refractivity contribution is 6.09. The average Bonchev–Trinajstić information content (AvgIpc) is 2.64. The Labute approximate surface area is 105 Å². The topological polar surface area (TPSA) is 71.6 Å². The highest BCUT2D eigenvalue weighted by Crippen LogP contribution is 2.16. The molecule has 90 valence electrons. The van der Waals surface area contributed by atoms with Crippen LogP contribution >= 0.6 is 0 Å². The minimum atomic E-state index is -0.249. The molecule has 5 heteroatoms. The first-order chi connectivity index (χ1) is 8.54. The summed E-state index contributed by atoms with van der Waals surface area (Å²) in [6.07, 6.45) is 1.57. The maximum atomic E-state index is 12.3. The van der Waals surface area contributed by atoms with Crippen LogP contribution in [0.15, 0.2) is 18.3 Å². The molecule has 0 fully saturated rings. The van der Waals surface area contributed by atoms with Crippen LogP contribution in [0, 0.1) is 25.2 Å². The molecular formula is C13H12N4O. The number of ketones is 1. The monoisotopic (exact) mass is 240 g/mol. The largest absolute Gasteiger partial charge is 0.287 e. The predicted octanol–water partition coefficient (Wildman–Crippen LogP) is 1.53. The van der Waals surface area contributed by atoms with Crippen LogP contribution < -0.4 is 0 Å². The van der Waals surface area contributed by atoms with E-state index in [4.69, 9.17) is 5.26 Å². The van der Waals surface area contributed by atoms with E-state index in [9.17, 15) is 4.79 Å². The third-order valence-corrected chi connectivity index (χ3v) is 2.82. The van der Waals surface area contributed by atoms with Crippen LogP contribution in [-0.4, -0.2) is 20.5 Å². The number of aromatic nitrogens is 3. The molecule has 0 atom stereocenters. The Hall–Kier alpha value is -2.48. The number of carbonyl (C=O) groups is 1. The summed E-state index contributed by atoms with van der Waals surface area (Å²) in [5.41, 5.74) is 2.47. The second-order valence-corrected chi connectivity index (χ2v) is 4.06. The zero-order valence-corrected chi connectivity index (χ0v) is 10.4. The summed E-state index contributed by atoms with van der Waals surface area (Å²) in [6.45, 7) is 3.58. The van der Waals surface area contributed by atoms with Gasteiger partial charge < -0.3 is 0 Å². The van der Waals surface area contributed by atoms with Gasteiger partial charge in [-0.1, -0.05) is 0 Å². The third kappa shape index (κ3) is 1.89. The molecule has 0 bridgehead atoms. The Balaban J connectivity index is 2.54. The van der Waals surface area contributed by atoms with Gasteiger partial charge in [-0.05, 0) is 26.0 Å². The van der Waals surface area contributed by atoms with Gasteiger partial charge in [-0.2, -0.15) is 10.4 Å². The van der Waals surface area contributed by atoms with Crippen LogP contribution in [-0.2, 0) is 7.05 Å². The van der Waals surface area contributed by atoms with Gasteiger partial charge in [-0.3, -0.25) is 14.5 Å².